The number of nitrogens with one attached hydrogen (secondary N) is 2. The topological polar surface area (TPSA) is 44.4 Å². The molecular formula is C18H26ClN3OS. The smallest absolute Gasteiger partial charge is 0.224 e. The molecule has 2 aliphatic heterocycles. The number of halogens is 1. The van der Waals surface area contributed by atoms with Crippen LogP contribution in [0.3, 0.4) is 0 Å². The summed E-state index contributed by atoms with van der Waals surface area (Å²) in [5, 5.41) is 7.14. The van der Waals surface area contributed by atoms with E-state index in [0.29, 0.717) is 17.4 Å². The van der Waals surface area contributed by atoms with Gasteiger partial charge in [-0.15, -0.1) is 0 Å². The number of carbonyl (C=O) groups is 1. The number of hydrogen-bond acceptors (Lipinski definition) is 4. The number of nitrogens with zero attached hydrogens (tertiary/aromatic N) is 1. The van der Waals surface area contributed by atoms with E-state index < -0.39 is 0 Å². The first kappa shape index (κ1) is 17.9. The van der Waals surface area contributed by atoms with Crippen LogP contribution < -0.4 is 15.5 Å². The Hall–Kier alpha value is -0.910. The van der Waals surface area contributed by atoms with Crippen LogP contribution in [-0.2, 0) is 4.79 Å². The van der Waals surface area contributed by atoms with E-state index in [0.717, 1.165) is 55.5 Å². The molecule has 0 atom stereocenters. The van der Waals surface area contributed by atoms with Gasteiger partial charge in [0.1, 0.15) is 0 Å². The van der Waals surface area contributed by atoms with Crippen LogP contribution in [0.1, 0.15) is 25.7 Å². The standard InChI is InChI=1S/C18H26ClN3OS/c19-15-2-3-17(22-9-11-24-12-10-22)16(13-15)21-18(23)4-1-14-5-7-20-8-6-14/h2-3,13-14,20H,1,4-12H2,(H,21,23). The highest BCUT2D eigenvalue weighted by molar-refractivity contribution is 7.99. The molecule has 24 heavy (non-hydrogen) atoms. The van der Waals surface area contributed by atoms with E-state index >= 15 is 0 Å². The van der Waals surface area contributed by atoms with Gasteiger partial charge in [-0.25, -0.2) is 0 Å². The molecule has 6 heteroatoms. The normalized spacial score (nSPS) is 19.3. The Morgan fingerprint density at radius 3 is 2.79 bits per heavy atom. The Morgan fingerprint density at radius 1 is 1.29 bits per heavy atom. The Balaban J connectivity index is 1.60. The van der Waals surface area contributed by atoms with Crippen molar-refractivity contribution >= 4 is 40.6 Å². The van der Waals surface area contributed by atoms with Crippen LogP contribution in [0.15, 0.2) is 18.2 Å². The molecule has 0 unspecified atom stereocenters. The summed E-state index contributed by atoms with van der Waals surface area (Å²) >= 11 is 8.14. The molecule has 1 amide bonds. The van der Waals surface area contributed by atoms with Gasteiger partial charge >= 0.3 is 0 Å². The fraction of sp³-hybridized carbons (Fsp3) is 0.611. The highest BCUT2D eigenvalue weighted by atomic mass is 35.5. The lowest BCUT2D eigenvalue weighted by molar-refractivity contribution is -0.116. The minimum atomic E-state index is 0.100. The first-order valence-corrected chi connectivity index (χ1v) is 10.4. The van der Waals surface area contributed by atoms with Crippen LogP contribution in [0.4, 0.5) is 11.4 Å². The minimum Gasteiger partial charge on any atom is -0.368 e. The van der Waals surface area contributed by atoms with Crippen molar-refractivity contribution in [1.82, 2.24) is 5.32 Å². The lowest BCUT2D eigenvalue weighted by Crippen LogP contribution is -2.33. The van der Waals surface area contributed by atoms with Crippen molar-refractivity contribution in [2.24, 2.45) is 5.92 Å². The lowest BCUT2D eigenvalue weighted by Gasteiger charge is -2.30. The second-order valence-corrected chi connectivity index (χ2v) is 8.20. The molecule has 2 heterocycles. The summed E-state index contributed by atoms with van der Waals surface area (Å²) in [6, 6.07) is 5.81. The zero-order chi connectivity index (χ0) is 16.8. The second-order valence-electron chi connectivity index (χ2n) is 6.54. The molecule has 2 N–H and O–H groups in total. The maximum Gasteiger partial charge on any atom is 0.224 e. The van der Waals surface area contributed by atoms with Crippen LogP contribution in [0.5, 0.6) is 0 Å². The summed E-state index contributed by atoms with van der Waals surface area (Å²) in [5.41, 5.74) is 1.94. The summed E-state index contributed by atoms with van der Waals surface area (Å²) in [5.74, 6) is 3.04. The van der Waals surface area contributed by atoms with Gasteiger partial charge in [-0.1, -0.05) is 11.6 Å². The van der Waals surface area contributed by atoms with E-state index in [1.54, 1.807) is 0 Å². The molecule has 4 nitrogen and oxygen atoms in total. The molecule has 1 aromatic carbocycles. The maximum atomic E-state index is 12.4. The fourth-order valence-corrected chi connectivity index (χ4v) is 4.48. The van der Waals surface area contributed by atoms with Crippen molar-refractivity contribution in [2.75, 3.05) is 47.9 Å². The fourth-order valence-electron chi connectivity index (χ4n) is 3.41. The summed E-state index contributed by atoms with van der Waals surface area (Å²) < 4.78 is 0. The van der Waals surface area contributed by atoms with Gasteiger partial charge in [0.2, 0.25) is 5.91 Å². The molecule has 0 saturated carbocycles. The summed E-state index contributed by atoms with van der Waals surface area (Å²) in [6.45, 7) is 4.20. The van der Waals surface area contributed by atoms with Crippen molar-refractivity contribution in [2.45, 2.75) is 25.7 Å². The number of hydrogen-bond donors (Lipinski definition) is 2. The van der Waals surface area contributed by atoms with Crippen molar-refractivity contribution < 1.29 is 4.79 Å². The van der Waals surface area contributed by atoms with Gasteiger partial charge in [0.25, 0.3) is 0 Å². The van der Waals surface area contributed by atoms with Crippen LogP contribution in [0.2, 0.25) is 5.02 Å². The second kappa shape index (κ2) is 8.97. The number of piperidine rings is 1. The molecule has 0 spiro atoms. The van der Waals surface area contributed by atoms with Crippen molar-refractivity contribution in [1.29, 1.82) is 0 Å². The van der Waals surface area contributed by atoms with Gasteiger partial charge < -0.3 is 15.5 Å². The highest BCUT2D eigenvalue weighted by Crippen LogP contribution is 2.31. The number of benzene rings is 1. The van der Waals surface area contributed by atoms with E-state index in [1.165, 1.54) is 12.8 Å². The predicted molar refractivity (Wildman–Crippen MR) is 104 cm³/mol. The molecule has 0 aliphatic carbocycles. The van der Waals surface area contributed by atoms with Gasteiger partial charge in [0, 0.05) is 36.0 Å². The Kier molecular flexibility index (Phi) is 6.69. The summed E-state index contributed by atoms with van der Waals surface area (Å²) in [6.07, 6.45) is 3.93. The zero-order valence-corrected chi connectivity index (χ0v) is 15.6. The van der Waals surface area contributed by atoms with E-state index in [4.69, 9.17) is 11.6 Å². The highest BCUT2D eigenvalue weighted by Gasteiger charge is 2.18. The molecule has 2 aliphatic rings. The van der Waals surface area contributed by atoms with Crippen molar-refractivity contribution in [3.8, 4) is 0 Å². The van der Waals surface area contributed by atoms with Gasteiger partial charge in [-0.3, -0.25) is 4.79 Å². The molecular weight excluding hydrogens is 342 g/mol. The molecule has 132 valence electrons. The molecule has 3 rings (SSSR count). The molecule has 0 bridgehead atoms. The number of amides is 1. The van der Waals surface area contributed by atoms with E-state index in [9.17, 15) is 4.79 Å². The third kappa shape index (κ3) is 5.04. The predicted octanol–water partition coefficient (Wildman–Crippen LogP) is 3.61. The Labute approximate surface area is 153 Å². The first-order chi connectivity index (χ1) is 11.7. The SMILES string of the molecule is O=C(CCC1CCNCC1)Nc1cc(Cl)ccc1N1CCSCC1. The monoisotopic (exact) mass is 367 g/mol. The number of carbonyl (C=O) groups excluding carboxylic acids is 1. The van der Waals surface area contributed by atoms with Gasteiger partial charge in [0.05, 0.1) is 11.4 Å². The zero-order valence-electron chi connectivity index (χ0n) is 14.0. The Bertz CT molecular complexity index is 557. The molecule has 0 radical (unpaired) electrons. The van der Waals surface area contributed by atoms with Crippen LogP contribution in [0, 0.1) is 5.92 Å². The molecule has 2 fully saturated rings. The number of thioether (sulfide) groups is 1. The summed E-state index contributed by atoms with van der Waals surface area (Å²) in [7, 11) is 0. The third-order valence-corrected chi connectivity index (χ3v) is 6.00. The minimum absolute atomic E-state index is 0.100. The van der Waals surface area contributed by atoms with Gasteiger partial charge in [-0.05, 0) is 56.5 Å². The maximum absolute atomic E-state index is 12.4. The quantitative estimate of drug-likeness (QED) is 0.834. The van der Waals surface area contributed by atoms with Crippen molar-refractivity contribution in [3.63, 3.8) is 0 Å². The average molecular weight is 368 g/mol. The van der Waals surface area contributed by atoms with E-state index in [1.807, 2.05) is 30.0 Å². The van der Waals surface area contributed by atoms with Crippen LogP contribution in [0.25, 0.3) is 0 Å². The summed E-state index contributed by atoms with van der Waals surface area (Å²) in [4.78, 5) is 14.8. The lowest BCUT2D eigenvalue weighted by atomic mass is 9.93. The number of anilines is 2. The average Bonchev–Trinajstić information content (AvgIpc) is 2.62. The van der Waals surface area contributed by atoms with Crippen LogP contribution >= 0.6 is 23.4 Å². The molecule has 2 saturated heterocycles. The van der Waals surface area contributed by atoms with Crippen molar-refractivity contribution in [3.05, 3.63) is 23.2 Å². The van der Waals surface area contributed by atoms with Gasteiger partial charge in [0.15, 0.2) is 0 Å². The van der Waals surface area contributed by atoms with Crippen LogP contribution in [-0.4, -0.2) is 43.6 Å². The number of rotatable bonds is 5. The molecule has 0 aromatic heterocycles. The third-order valence-electron chi connectivity index (χ3n) is 4.82. The first-order valence-electron chi connectivity index (χ1n) is 8.85. The van der Waals surface area contributed by atoms with Gasteiger partial charge in [-0.2, -0.15) is 11.8 Å². The molecule has 1 aromatic rings. The largest absolute Gasteiger partial charge is 0.368 e. The Morgan fingerprint density at radius 2 is 2.04 bits per heavy atom. The van der Waals surface area contributed by atoms with E-state index in [-0.39, 0.29) is 5.91 Å². The van der Waals surface area contributed by atoms with E-state index in [2.05, 4.69) is 15.5 Å².